The van der Waals surface area contributed by atoms with Crippen LogP contribution in [0.25, 0.3) is 10.9 Å². The van der Waals surface area contributed by atoms with Crippen LogP contribution in [0.2, 0.25) is 0 Å². The smallest absolute Gasteiger partial charge is 0.267 e. The van der Waals surface area contributed by atoms with Gasteiger partial charge in [0.05, 0.1) is 13.2 Å². The van der Waals surface area contributed by atoms with Gasteiger partial charge in [0, 0.05) is 41.6 Å². The molecule has 0 radical (unpaired) electrons. The highest BCUT2D eigenvalue weighted by Gasteiger charge is 2.12. The third-order valence-corrected chi connectivity index (χ3v) is 4.14. The molecule has 3 rings (SSSR count). The quantitative estimate of drug-likeness (QED) is 0.885. The molecule has 0 bridgehead atoms. The highest BCUT2D eigenvalue weighted by molar-refractivity contribution is 9.10. The van der Waals surface area contributed by atoms with E-state index in [4.69, 9.17) is 4.74 Å². The van der Waals surface area contributed by atoms with E-state index in [1.54, 1.807) is 0 Å². The van der Waals surface area contributed by atoms with Crippen molar-refractivity contribution >= 4 is 32.7 Å². The summed E-state index contributed by atoms with van der Waals surface area (Å²) in [5, 5.41) is 3.99. The first-order valence-corrected chi connectivity index (χ1v) is 7.88. The lowest BCUT2D eigenvalue weighted by molar-refractivity contribution is 0.0383. The molecule has 1 aromatic carbocycles. The van der Waals surface area contributed by atoms with Gasteiger partial charge in [0.15, 0.2) is 0 Å². The van der Waals surface area contributed by atoms with Crippen molar-refractivity contribution < 1.29 is 9.53 Å². The van der Waals surface area contributed by atoms with E-state index in [1.807, 2.05) is 24.3 Å². The van der Waals surface area contributed by atoms with Crippen LogP contribution in [-0.4, -0.2) is 55.2 Å². The SMILES string of the molecule is O=C(NCCN1CCOCC1)c1cc2cc(Br)ccc2[nH]1. The van der Waals surface area contributed by atoms with Crippen molar-refractivity contribution in [3.8, 4) is 0 Å². The minimum Gasteiger partial charge on any atom is -0.379 e. The maximum Gasteiger partial charge on any atom is 0.267 e. The van der Waals surface area contributed by atoms with Crippen LogP contribution in [0, 0.1) is 0 Å². The zero-order valence-corrected chi connectivity index (χ0v) is 13.3. The van der Waals surface area contributed by atoms with Crippen molar-refractivity contribution in [2.45, 2.75) is 0 Å². The number of halogens is 1. The van der Waals surface area contributed by atoms with Gasteiger partial charge in [-0.05, 0) is 24.3 Å². The van der Waals surface area contributed by atoms with Gasteiger partial charge in [0.25, 0.3) is 5.91 Å². The standard InChI is InChI=1S/C15H18BrN3O2/c16-12-1-2-13-11(9-12)10-14(18-13)15(20)17-3-4-19-5-7-21-8-6-19/h1-2,9-10,18H,3-8H2,(H,17,20). The molecule has 0 aliphatic carbocycles. The van der Waals surface area contributed by atoms with Gasteiger partial charge in [0.2, 0.25) is 0 Å². The van der Waals surface area contributed by atoms with Gasteiger partial charge >= 0.3 is 0 Å². The normalized spacial score (nSPS) is 16.2. The largest absolute Gasteiger partial charge is 0.379 e. The van der Waals surface area contributed by atoms with Gasteiger partial charge in [-0.25, -0.2) is 0 Å². The summed E-state index contributed by atoms with van der Waals surface area (Å²) in [6.45, 7) is 4.96. The maximum absolute atomic E-state index is 12.1. The molecule has 1 fully saturated rings. The molecule has 21 heavy (non-hydrogen) atoms. The summed E-state index contributed by atoms with van der Waals surface area (Å²) in [5.41, 5.74) is 1.57. The number of H-pyrrole nitrogens is 1. The maximum atomic E-state index is 12.1. The lowest BCUT2D eigenvalue weighted by Gasteiger charge is -2.26. The van der Waals surface area contributed by atoms with Gasteiger partial charge in [-0.3, -0.25) is 9.69 Å². The van der Waals surface area contributed by atoms with E-state index in [2.05, 4.69) is 31.1 Å². The Morgan fingerprint density at radius 3 is 2.95 bits per heavy atom. The second-order valence-electron chi connectivity index (χ2n) is 5.12. The Morgan fingerprint density at radius 1 is 1.33 bits per heavy atom. The molecule has 112 valence electrons. The summed E-state index contributed by atoms with van der Waals surface area (Å²) in [4.78, 5) is 17.6. The van der Waals surface area contributed by atoms with Crippen LogP contribution in [0.15, 0.2) is 28.7 Å². The second-order valence-corrected chi connectivity index (χ2v) is 6.04. The first-order valence-electron chi connectivity index (χ1n) is 7.09. The van der Waals surface area contributed by atoms with E-state index < -0.39 is 0 Å². The number of aromatic amines is 1. The molecule has 1 saturated heterocycles. The summed E-state index contributed by atoms with van der Waals surface area (Å²) in [7, 11) is 0. The lowest BCUT2D eigenvalue weighted by atomic mass is 10.2. The molecule has 5 nitrogen and oxygen atoms in total. The molecule has 2 heterocycles. The first-order chi connectivity index (χ1) is 10.2. The predicted molar refractivity (Wildman–Crippen MR) is 85.6 cm³/mol. The van der Waals surface area contributed by atoms with Crippen LogP contribution in [0.3, 0.4) is 0 Å². The van der Waals surface area contributed by atoms with Crippen molar-refractivity contribution in [2.75, 3.05) is 39.4 Å². The molecule has 1 amide bonds. The fourth-order valence-electron chi connectivity index (χ4n) is 2.47. The molecule has 0 atom stereocenters. The number of nitrogens with zero attached hydrogens (tertiary/aromatic N) is 1. The Hall–Kier alpha value is -1.37. The molecule has 1 aliphatic heterocycles. The molecule has 0 saturated carbocycles. The van der Waals surface area contributed by atoms with Gasteiger partial charge in [-0.2, -0.15) is 0 Å². The van der Waals surface area contributed by atoms with Gasteiger partial charge in [0.1, 0.15) is 5.69 Å². The number of ether oxygens (including phenoxy) is 1. The third kappa shape index (κ3) is 3.64. The molecule has 1 aliphatic rings. The minimum atomic E-state index is -0.0596. The number of carbonyl (C=O) groups is 1. The van der Waals surface area contributed by atoms with Crippen LogP contribution in [0.4, 0.5) is 0 Å². The fourth-order valence-corrected chi connectivity index (χ4v) is 2.85. The zero-order chi connectivity index (χ0) is 14.7. The predicted octanol–water partition coefficient (Wildman–Crippen LogP) is 1.99. The fraction of sp³-hybridized carbons (Fsp3) is 0.400. The number of amides is 1. The highest BCUT2D eigenvalue weighted by atomic mass is 79.9. The van der Waals surface area contributed by atoms with Crippen LogP contribution >= 0.6 is 15.9 Å². The number of fused-ring (bicyclic) bond motifs is 1. The van der Waals surface area contributed by atoms with E-state index in [0.29, 0.717) is 12.2 Å². The van der Waals surface area contributed by atoms with Gasteiger partial charge < -0.3 is 15.0 Å². The Balaban J connectivity index is 1.56. The molecule has 6 heteroatoms. The Bertz CT molecular complexity index is 635. The van der Waals surface area contributed by atoms with Crippen LogP contribution in [-0.2, 0) is 4.74 Å². The summed E-state index contributed by atoms with van der Waals surface area (Å²) in [5.74, 6) is -0.0596. The zero-order valence-electron chi connectivity index (χ0n) is 11.7. The van der Waals surface area contributed by atoms with Crippen LogP contribution < -0.4 is 5.32 Å². The third-order valence-electron chi connectivity index (χ3n) is 3.64. The lowest BCUT2D eigenvalue weighted by Crippen LogP contribution is -2.41. The van der Waals surface area contributed by atoms with Crippen molar-refractivity contribution in [1.82, 2.24) is 15.2 Å². The number of nitrogens with one attached hydrogen (secondary N) is 2. The topological polar surface area (TPSA) is 57.4 Å². The molecule has 2 aromatic rings. The Kier molecular flexibility index (Phi) is 4.57. The number of morpholine rings is 1. The second kappa shape index (κ2) is 6.60. The number of carbonyl (C=O) groups excluding carboxylic acids is 1. The number of rotatable bonds is 4. The van der Waals surface area contributed by atoms with Crippen molar-refractivity contribution in [3.05, 3.63) is 34.4 Å². The van der Waals surface area contributed by atoms with E-state index >= 15 is 0 Å². The number of hydrogen-bond donors (Lipinski definition) is 2. The Morgan fingerprint density at radius 2 is 2.14 bits per heavy atom. The number of hydrogen-bond acceptors (Lipinski definition) is 3. The van der Waals surface area contributed by atoms with Gasteiger partial charge in [-0.1, -0.05) is 15.9 Å². The Labute approximate surface area is 131 Å². The first kappa shape index (κ1) is 14.6. The number of aromatic nitrogens is 1. The van der Waals surface area contributed by atoms with Crippen molar-refractivity contribution in [1.29, 1.82) is 0 Å². The summed E-state index contributed by atoms with van der Waals surface area (Å²) in [6, 6.07) is 7.80. The molecule has 0 unspecified atom stereocenters. The minimum absolute atomic E-state index is 0.0596. The summed E-state index contributed by atoms with van der Waals surface area (Å²) >= 11 is 3.43. The van der Waals surface area contributed by atoms with Crippen LogP contribution in [0.5, 0.6) is 0 Å². The van der Waals surface area contributed by atoms with Crippen LogP contribution in [0.1, 0.15) is 10.5 Å². The molecule has 1 aromatic heterocycles. The van der Waals surface area contributed by atoms with Crippen molar-refractivity contribution in [3.63, 3.8) is 0 Å². The summed E-state index contributed by atoms with van der Waals surface area (Å²) in [6.07, 6.45) is 0. The van der Waals surface area contributed by atoms with E-state index in [0.717, 1.165) is 48.2 Å². The molecular formula is C15H18BrN3O2. The average Bonchev–Trinajstić information content (AvgIpc) is 2.91. The number of benzene rings is 1. The average molecular weight is 352 g/mol. The molecule has 0 spiro atoms. The van der Waals surface area contributed by atoms with Crippen molar-refractivity contribution in [2.24, 2.45) is 0 Å². The van der Waals surface area contributed by atoms with E-state index in [1.165, 1.54) is 0 Å². The molecule has 2 N–H and O–H groups in total. The highest BCUT2D eigenvalue weighted by Crippen LogP contribution is 2.20. The molecular weight excluding hydrogens is 334 g/mol. The summed E-state index contributed by atoms with van der Waals surface area (Å²) < 4.78 is 6.31. The van der Waals surface area contributed by atoms with E-state index in [9.17, 15) is 4.79 Å². The van der Waals surface area contributed by atoms with E-state index in [-0.39, 0.29) is 5.91 Å². The monoisotopic (exact) mass is 351 g/mol. The van der Waals surface area contributed by atoms with Gasteiger partial charge in [-0.15, -0.1) is 0 Å².